The first-order chi connectivity index (χ1) is 11.5. The highest BCUT2D eigenvalue weighted by molar-refractivity contribution is 6.74. The van der Waals surface area contributed by atoms with Crippen LogP contribution in [-0.4, -0.2) is 38.1 Å². The van der Waals surface area contributed by atoms with Crippen molar-refractivity contribution in [3.05, 3.63) is 35.8 Å². The minimum Gasteiger partial charge on any atom is -0.415 e. The Kier molecular flexibility index (Phi) is 5.48. The molecule has 25 heavy (non-hydrogen) atoms. The molecule has 0 radical (unpaired) electrons. The topological polar surface area (TPSA) is 71.2 Å². The van der Waals surface area contributed by atoms with Gasteiger partial charge in [-0.3, -0.25) is 9.59 Å². The van der Waals surface area contributed by atoms with Crippen LogP contribution < -0.4 is 5.32 Å². The molecule has 1 aromatic carbocycles. The van der Waals surface area contributed by atoms with Crippen LogP contribution in [0.3, 0.4) is 0 Å². The number of aromatic nitrogens is 1. The quantitative estimate of drug-likeness (QED) is 0.356. The van der Waals surface area contributed by atoms with Gasteiger partial charge in [0.1, 0.15) is 5.82 Å². The molecule has 1 aromatic heterocycles. The zero-order valence-electron chi connectivity index (χ0n) is 15.3. The van der Waals surface area contributed by atoms with E-state index in [4.69, 9.17) is 4.43 Å². The molecule has 136 valence electrons. The highest BCUT2D eigenvalue weighted by atomic mass is 28.4. The number of aromatic amines is 1. The first-order valence-corrected chi connectivity index (χ1v) is 11.2. The Hall–Kier alpha value is -1.99. The second-order valence-electron chi connectivity index (χ2n) is 7.59. The van der Waals surface area contributed by atoms with Crippen LogP contribution in [0.15, 0.2) is 24.4 Å². The number of nitrogens with one attached hydrogen (secondary N) is 2. The maximum absolute atomic E-state index is 13.4. The van der Waals surface area contributed by atoms with Crippen molar-refractivity contribution in [2.24, 2.45) is 0 Å². The SMILES string of the molecule is CC(C)(C)[Si](C)(C)OCCNC(=O)C(=O)c1c[nH]c2ccc(F)cc12. The first-order valence-electron chi connectivity index (χ1n) is 8.26. The van der Waals surface area contributed by atoms with Gasteiger partial charge in [-0.05, 0) is 36.3 Å². The van der Waals surface area contributed by atoms with Crippen LogP contribution in [0.1, 0.15) is 31.1 Å². The predicted octanol–water partition coefficient (Wildman–Crippen LogP) is 3.63. The van der Waals surface area contributed by atoms with Gasteiger partial charge in [-0.2, -0.15) is 0 Å². The molecule has 0 aliphatic carbocycles. The van der Waals surface area contributed by atoms with Crippen molar-refractivity contribution in [1.29, 1.82) is 0 Å². The van der Waals surface area contributed by atoms with Crippen molar-refractivity contribution in [2.75, 3.05) is 13.2 Å². The Balaban J connectivity index is 1.95. The standard InChI is InChI=1S/C18H25FN2O3Si/c1-18(2,3)25(4,5)24-9-8-20-17(23)16(22)14-11-21-15-7-6-12(19)10-13(14)15/h6-7,10-11,21H,8-9H2,1-5H3,(H,20,23). The van der Waals surface area contributed by atoms with Crippen LogP contribution >= 0.6 is 0 Å². The van der Waals surface area contributed by atoms with E-state index < -0.39 is 25.8 Å². The Morgan fingerprint density at radius 1 is 1.28 bits per heavy atom. The zero-order chi connectivity index (χ0) is 18.8. The van der Waals surface area contributed by atoms with Gasteiger partial charge in [0.05, 0.1) is 12.2 Å². The van der Waals surface area contributed by atoms with Crippen molar-refractivity contribution < 1.29 is 18.4 Å². The number of rotatable bonds is 6. The summed E-state index contributed by atoms with van der Waals surface area (Å²) in [6.45, 7) is 11.3. The molecule has 7 heteroatoms. The van der Waals surface area contributed by atoms with Crippen LogP contribution in [0.2, 0.25) is 18.1 Å². The first kappa shape index (κ1) is 19.3. The molecule has 0 bridgehead atoms. The fourth-order valence-electron chi connectivity index (χ4n) is 2.17. The fourth-order valence-corrected chi connectivity index (χ4v) is 3.22. The monoisotopic (exact) mass is 364 g/mol. The Labute approximate surface area is 148 Å². The van der Waals surface area contributed by atoms with Crippen LogP contribution in [0, 0.1) is 5.82 Å². The molecule has 0 unspecified atom stereocenters. The molecule has 2 rings (SSSR count). The summed E-state index contributed by atoms with van der Waals surface area (Å²) in [7, 11) is -1.88. The summed E-state index contributed by atoms with van der Waals surface area (Å²) in [5.41, 5.74) is 0.774. The Morgan fingerprint density at radius 3 is 2.60 bits per heavy atom. The van der Waals surface area contributed by atoms with Gasteiger partial charge in [0, 0.05) is 23.6 Å². The van der Waals surface area contributed by atoms with E-state index in [0.717, 1.165) is 0 Å². The average Bonchev–Trinajstić information content (AvgIpc) is 2.92. The van der Waals surface area contributed by atoms with Gasteiger partial charge in [-0.15, -0.1) is 0 Å². The molecule has 2 aromatic rings. The van der Waals surface area contributed by atoms with E-state index in [2.05, 4.69) is 44.2 Å². The molecule has 0 fully saturated rings. The number of fused-ring (bicyclic) bond motifs is 1. The predicted molar refractivity (Wildman–Crippen MR) is 98.7 cm³/mol. The van der Waals surface area contributed by atoms with Gasteiger partial charge in [0.25, 0.3) is 11.7 Å². The molecule has 5 nitrogen and oxygen atoms in total. The van der Waals surface area contributed by atoms with Gasteiger partial charge in [-0.1, -0.05) is 20.8 Å². The molecular weight excluding hydrogens is 339 g/mol. The maximum atomic E-state index is 13.4. The summed E-state index contributed by atoms with van der Waals surface area (Å²) in [6.07, 6.45) is 1.43. The second-order valence-corrected chi connectivity index (χ2v) is 12.4. The number of halogens is 1. The van der Waals surface area contributed by atoms with E-state index in [1.165, 1.54) is 24.4 Å². The number of hydrogen-bond acceptors (Lipinski definition) is 3. The lowest BCUT2D eigenvalue weighted by Gasteiger charge is -2.36. The van der Waals surface area contributed by atoms with Gasteiger partial charge in [0.2, 0.25) is 0 Å². The summed E-state index contributed by atoms with van der Waals surface area (Å²) in [4.78, 5) is 27.2. The van der Waals surface area contributed by atoms with Gasteiger partial charge in [0.15, 0.2) is 8.32 Å². The number of Topliss-reactive ketones (excluding diaryl/α,β-unsaturated/α-hetero) is 1. The largest absolute Gasteiger partial charge is 0.415 e. The fraction of sp³-hybridized carbons (Fsp3) is 0.444. The molecule has 1 heterocycles. The minimum atomic E-state index is -1.88. The van der Waals surface area contributed by atoms with E-state index in [1.807, 2.05) is 0 Å². The number of hydrogen-bond donors (Lipinski definition) is 2. The molecule has 1 amide bonds. The lowest BCUT2D eigenvalue weighted by atomic mass is 10.1. The average molecular weight is 364 g/mol. The van der Waals surface area contributed by atoms with Crippen LogP contribution in [0.25, 0.3) is 10.9 Å². The lowest BCUT2D eigenvalue weighted by Crippen LogP contribution is -2.43. The minimum absolute atomic E-state index is 0.0843. The summed E-state index contributed by atoms with van der Waals surface area (Å²) < 4.78 is 19.3. The summed E-state index contributed by atoms with van der Waals surface area (Å²) in [6, 6.07) is 4.07. The number of H-pyrrole nitrogens is 1. The highest BCUT2D eigenvalue weighted by Gasteiger charge is 2.36. The van der Waals surface area contributed by atoms with Crippen molar-refractivity contribution in [2.45, 2.75) is 38.9 Å². The molecule has 0 saturated heterocycles. The Morgan fingerprint density at radius 2 is 1.96 bits per heavy atom. The third-order valence-corrected chi connectivity index (χ3v) is 9.29. The smallest absolute Gasteiger partial charge is 0.292 e. The van der Waals surface area contributed by atoms with E-state index in [0.29, 0.717) is 17.5 Å². The summed E-state index contributed by atoms with van der Waals surface area (Å²) in [5, 5.41) is 3.06. The molecule has 0 aliphatic rings. The number of ketones is 1. The molecule has 0 aliphatic heterocycles. The number of carbonyl (C=O) groups excluding carboxylic acids is 2. The van der Waals surface area contributed by atoms with Crippen LogP contribution in [0.4, 0.5) is 4.39 Å². The van der Waals surface area contributed by atoms with Crippen molar-refractivity contribution in [3.63, 3.8) is 0 Å². The normalized spacial score (nSPS) is 12.4. The van der Waals surface area contributed by atoms with Crippen molar-refractivity contribution >= 4 is 30.9 Å². The molecule has 0 atom stereocenters. The summed E-state index contributed by atoms with van der Waals surface area (Å²) in [5.74, 6) is -1.86. The second kappa shape index (κ2) is 7.09. The number of benzene rings is 1. The third-order valence-electron chi connectivity index (χ3n) is 4.75. The number of carbonyl (C=O) groups is 2. The summed E-state index contributed by atoms with van der Waals surface area (Å²) >= 11 is 0. The molecule has 2 N–H and O–H groups in total. The highest BCUT2D eigenvalue weighted by Crippen LogP contribution is 2.36. The molecular formula is C18H25FN2O3Si. The van der Waals surface area contributed by atoms with E-state index in [-0.39, 0.29) is 17.1 Å². The van der Waals surface area contributed by atoms with Gasteiger partial charge < -0.3 is 14.7 Å². The van der Waals surface area contributed by atoms with Crippen molar-refractivity contribution in [3.8, 4) is 0 Å². The lowest BCUT2D eigenvalue weighted by molar-refractivity contribution is -0.117. The zero-order valence-corrected chi connectivity index (χ0v) is 16.3. The van der Waals surface area contributed by atoms with Gasteiger partial charge in [-0.25, -0.2) is 4.39 Å². The molecule has 0 spiro atoms. The van der Waals surface area contributed by atoms with Gasteiger partial charge >= 0.3 is 0 Å². The van der Waals surface area contributed by atoms with Crippen molar-refractivity contribution in [1.82, 2.24) is 10.3 Å². The maximum Gasteiger partial charge on any atom is 0.292 e. The number of amides is 1. The van der Waals surface area contributed by atoms with E-state index in [1.54, 1.807) is 0 Å². The third kappa shape index (κ3) is 4.35. The Bertz CT molecular complexity index is 793. The molecule has 0 saturated carbocycles. The van der Waals surface area contributed by atoms with Crippen LogP contribution in [0.5, 0.6) is 0 Å². The van der Waals surface area contributed by atoms with E-state index in [9.17, 15) is 14.0 Å². The van der Waals surface area contributed by atoms with E-state index >= 15 is 0 Å². The van der Waals surface area contributed by atoms with Crippen LogP contribution in [-0.2, 0) is 9.22 Å².